The van der Waals surface area contributed by atoms with Crippen LogP contribution in [-0.2, 0) is 4.79 Å². The first-order valence-electron chi connectivity index (χ1n) is 6.97. The smallest absolute Gasteiger partial charge is 0.321 e. The topological polar surface area (TPSA) is 52.6 Å². The molecule has 3 rings (SSSR count). The first-order chi connectivity index (χ1) is 8.65. The highest BCUT2D eigenvalue weighted by molar-refractivity contribution is 5.96. The van der Waals surface area contributed by atoms with E-state index in [0.717, 1.165) is 12.8 Å². The Morgan fingerprint density at radius 3 is 2.39 bits per heavy atom. The van der Waals surface area contributed by atoms with Gasteiger partial charge in [-0.2, -0.15) is 0 Å². The van der Waals surface area contributed by atoms with Gasteiger partial charge in [0.1, 0.15) is 0 Å². The van der Waals surface area contributed by atoms with Gasteiger partial charge in [-0.3, -0.25) is 10.1 Å². The second kappa shape index (κ2) is 4.53. The van der Waals surface area contributed by atoms with Crippen LogP contribution in [0.2, 0.25) is 0 Å². The summed E-state index contributed by atoms with van der Waals surface area (Å²) in [5.41, 5.74) is 0. The molecule has 18 heavy (non-hydrogen) atoms. The molecule has 3 fully saturated rings. The Labute approximate surface area is 107 Å². The predicted octanol–water partition coefficient (Wildman–Crippen LogP) is 0.944. The van der Waals surface area contributed by atoms with Gasteiger partial charge in [0.05, 0.1) is 0 Å². The summed E-state index contributed by atoms with van der Waals surface area (Å²) in [6, 6.07) is 1.38. The zero-order valence-electron chi connectivity index (χ0n) is 10.9. The molecule has 3 heterocycles. The van der Waals surface area contributed by atoms with Crippen LogP contribution in [0.3, 0.4) is 0 Å². The number of carbonyl (C=O) groups is 2. The van der Waals surface area contributed by atoms with Gasteiger partial charge in [-0.1, -0.05) is 6.42 Å². The lowest BCUT2D eigenvalue weighted by molar-refractivity contribution is -0.122. The summed E-state index contributed by atoms with van der Waals surface area (Å²) < 4.78 is 0. The summed E-state index contributed by atoms with van der Waals surface area (Å²) in [7, 11) is 2.21. The fourth-order valence-corrected chi connectivity index (χ4v) is 3.77. The zero-order chi connectivity index (χ0) is 12.7. The van der Waals surface area contributed by atoms with E-state index in [4.69, 9.17) is 0 Å². The lowest BCUT2D eigenvalue weighted by Gasteiger charge is -2.50. The third-order valence-electron chi connectivity index (χ3n) is 4.84. The minimum atomic E-state index is -0.182. The van der Waals surface area contributed by atoms with Gasteiger partial charge >= 0.3 is 6.03 Å². The quantitative estimate of drug-likeness (QED) is 0.754. The highest BCUT2D eigenvalue weighted by atomic mass is 16.2. The van der Waals surface area contributed by atoms with E-state index >= 15 is 0 Å². The summed E-state index contributed by atoms with van der Waals surface area (Å²) >= 11 is 0. The van der Waals surface area contributed by atoms with Gasteiger partial charge in [0.2, 0.25) is 5.91 Å². The maximum absolute atomic E-state index is 11.9. The molecule has 100 valence electrons. The Morgan fingerprint density at radius 2 is 1.78 bits per heavy atom. The van der Waals surface area contributed by atoms with E-state index in [9.17, 15) is 9.59 Å². The fraction of sp³-hybridized carbons (Fsp3) is 0.846. The van der Waals surface area contributed by atoms with Gasteiger partial charge in [0.15, 0.2) is 0 Å². The van der Waals surface area contributed by atoms with Crippen LogP contribution in [0, 0.1) is 0 Å². The van der Waals surface area contributed by atoms with Crippen LogP contribution >= 0.6 is 0 Å². The second-order valence-electron chi connectivity index (χ2n) is 5.83. The fourth-order valence-electron chi connectivity index (χ4n) is 3.77. The highest BCUT2D eigenvalue weighted by Crippen LogP contribution is 2.35. The van der Waals surface area contributed by atoms with Gasteiger partial charge in [-0.05, 0) is 32.7 Å². The van der Waals surface area contributed by atoms with Crippen LogP contribution in [-0.4, -0.2) is 53.5 Å². The normalized spacial score (nSPS) is 37.6. The largest absolute Gasteiger partial charge is 0.324 e. The Bertz CT molecular complexity index is 357. The van der Waals surface area contributed by atoms with Crippen molar-refractivity contribution < 1.29 is 9.59 Å². The van der Waals surface area contributed by atoms with Crippen molar-refractivity contribution in [3.63, 3.8) is 0 Å². The molecular formula is C13H21N3O2. The van der Waals surface area contributed by atoms with Gasteiger partial charge in [-0.15, -0.1) is 0 Å². The van der Waals surface area contributed by atoms with Crippen molar-refractivity contribution >= 4 is 11.9 Å². The third kappa shape index (κ3) is 2.00. The number of carbonyl (C=O) groups excluding carboxylic acids is 2. The molecule has 0 saturated carbocycles. The summed E-state index contributed by atoms with van der Waals surface area (Å²) in [6.07, 6.45) is 6.39. The van der Waals surface area contributed by atoms with E-state index in [1.807, 2.05) is 4.90 Å². The third-order valence-corrected chi connectivity index (χ3v) is 4.84. The number of urea groups is 1. The molecule has 1 N–H and O–H groups in total. The number of hydrogen-bond donors (Lipinski definition) is 1. The Balaban J connectivity index is 1.70. The number of hydrogen-bond acceptors (Lipinski definition) is 3. The van der Waals surface area contributed by atoms with E-state index in [2.05, 4.69) is 17.3 Å². The molecule has 3 saturated heterocycles. The SMILES string of the molecule is CN1C2CCCC1CC(N1CCC(=O)NC1=O)C2. The molecule has 0 radical (unpaired) electrons. The number of imide groups is 1. The number of nitrogens with zero attached hydrogens (tertiary/aromatic N) is 2. The minimum absolute atomic E-state index is 0.135. The molecule has 2 atom stereocenters. The van der Waals surface area contributed by atoms with Gasteiger partial charge < -0.3 is 9.80 Å². The van der Waals surface area contributed by atoms with Crippen LogP contribution in [0.1, 0.15) is 38.5 Å². The lowest BCUT2D eigenvalue weighted by Crippen LogP contribution is -2.60. The summed E-state index contributed by atoms with van der Waals surface area (Å²) in [4.78, 5) is 27.5. The molecule has 3 aliphatic rings. The number of fused-ring (bicyclic) bond motifs is 2. The number of rotatable bonds is 1. The average Bonchev–Trinajstić information content (AvgIpc) is 2.29. The molecule has 5 nitrogen and oxygen atoms in total. The number of amides is 3. The van der Waals surface area contributed by atoms with Crippen molar-refractivity contribution in [3.05, 3.63) is 0 Å². The first kappa shape index (κ1) is 12.0. The Hall–Kier alpha value is -1.10. The van der Waals surface area contributed by atoms with E-state index in [-0.39, 0.29) is 11.9 Å². The van der Waals surface area contributed by atoms with Gasteiger partial charge in [0.25, 0.3) is 0 Å². The molecule has 3 amide bonds. The molecular weight excluding hydrogens is 230 g/mol. The molecule has 0 aromatic heterocycles. The molecule has 0 aliphatic carbocycles. The summed E-state index contributed by atoms with van der Waals surface area (Å²) in [6.45, 7) is 0.596. The number of piperidine rings is 2. The molecule has 0 aromatic carbocycles. The molecule has 0 aromatic rings. The summed E-state index contributed by atoms with van der Waals surface area (Å²) in [5.74, 6) is -0.135. The van der Waals surface area contributed by atoms with Crippen molar-refractivity contribution in [1.82, 2.24) is 15.1 Å². The van der Waals surface area contributed by atoms with Gasteiger partial charge in [0, 0.05) is 31.1 Å². The predicted molar refractivity (Wildman–Crippen MR) is 67.1 cm³/mol. The van der Waals surface area contributed by atoms with E-state index in [0.29, 0.717) is 31.1 Å². The van der Waals surface area contributed by atoms with Crippen LogP contribution in [0.15, 0.2) is 0 Å². The molecule has 3 aliphatic heterocycles. The van der Waals surface area contributed by atoms with Crippen molar-refractivity contribution in [1.29, 1.82) is 0 Å². The molecule has 0 spiro atoms. The second-order valence-corrected chi connectivity index (χ2v) is 5.83. The number of nitrogens with one attached hydrogen (secondary N) is 1. The summed E-state index contributed by atoms with van der Waals surface area (Å²) in [5, 5.41) is 2.44. The van der Waals surface area contributed by atoms with E-state index < -0.39 is 0 Å². The Kier molecular flexibility index (Phi) is 3.01. The van der Waals surface area contributed by atoms with E-state index in [1.165, 1.54) is 19.3 Å². The van der Waals surface area contributed by atoms with Crippen LogP contribution < -0.4 is 5.32 Å². The van der Waals surface area contributed by atoms with Crippen molar-refractivity contribution in [3.8, 4) is 0 Å². The van der Waals surface area contributed by atoms with Crippen LogP contribution in [0.4, 0.5) is 4.79 Å². The maximum atomic E-state index is 11.9. The zero-order valence-corrected chi connectivity index (χ0v) is 10.9. The highest BCUT2D eigenvalue weighted by Gasteiger charge is 2.40. The molecule has 5 heteroatoms. The van der Waals surface area contributed by atoms with Crippen LogP contribution in [0.5, 0.6) is 0 Å². The lowest BCUT2D eigenvalue weighted by atomic mass is 9.81. The molecule has 2 unspecified atom stereocenters. The average molecular weight is 251 g/mol. The maximum Gasteiger partial charge on any atom is 0.324 e. The van der Waals surface area contributed by atoms with Gasteiger partial charge in [-0.25, -0.2) is 4.79 Å². The monoisotopic (exact) mass is 251 g/mol. The molecule has 2 bridgehead atoms. The van der Waals surface area contributed by atoms with Crippen molar-refractivity contribution in [2.75, 3.05) is 13.6 Å². The van der Waals surface area contributed by atoms with Crippen molar-refractivity contribution in [2.45, 2.75) is 56.7 Å². The standard InChI is InChI=1S/C13H21N3O2/c1-15-9-3-2-4-10(15)8-11(7-9)16-6-5-12(17)14-13(16)18/h9-11H,2-8H2,1H3,(H,14,17,18). The first-order valence-corrected chi connectivity index (χ1v) is 6.97. The van der Waals surface area contributed by atoms with Crippen molar-refractivity contribution in [2.24, 2.45) is 0 Å². The van der Waals surface area contributed by atoms with Crippen LogP contribution in [0.25, 0.3) is 0 Å². The Morgan fingerprint density at radius 1 is 1.11 bits per heavy atom. The van der Waals surface area contributed by atoms with E-state index in [1.54, 1.807) is 0 Å². The minimum Gasteiger partial charge on any atom is -0.321 e.